The van der Waals surface area contributed by atoms with Gasteiger partial charge in [-0.2, -0.15) is 0 Å². The molecule has 1 aliphatic carbocycles. The molecule has 1 aromatic carbocycles. The second kappa shape index (κ2) is 3.56. The van der Waals surface area contributed by atoms with Crippen molar-refractivity contribution in [1.29, 1.82) is 0 Å². The molecule has 1 unspecified atom stereocenters. The first kappa shape index (κ1) is 10.5. The summed E-state index contributed by atoms with van der Waals surface area (Å²) in [5.74, 6) is -2.55. The summed E-state index contributed by atoms with van der Waals surface area (Å²) in [6, 6.07) is 4.71. The van der Waals surface area contributed by atoms with E-state index in [0.717, 1.165) is 0 Å². The van der Waals surface area contributed by atoms with Crippen molar-refractivity contribution in [3.8, 4) is 0 Å². The summed E-state index contributed by atoms with van der Waals surface area (Å²) in [6.45, 7) is 1.44. The van der Waals surface area contributed by atoms with Crippen molar-refractivity contribution >= 4 is 17.5 Å². The third-order valence-corrected chi connectivity index (χ3v) is 2.82. The molecule has 0 aromatic heterocycles. The van der Waals surface area contributed by atoms with Gasteiger partial charge in [0.2, 0.25) is 0 Å². The van der Waals surface area contributed by atoms with Gasteiger partial charge in [0, 0.05) is 11.1 Å². The normalized spacial score (nSPS) is 18.3. The standard InChI is InChI=1S/C12H10O4/c1-6(13)7-2-3-9-8(4-7)5-10(11(9)14)12(15)16/h2-4,10H,5H2,1H3,(H,15,16). The Morgan fingerprint density at radius 1 is 1.38 bits per heavy atom. The number of carbonyl (C=O) groups excluding carboxylic acids is 2. The number of carboxylic acids is 1. The van der Waals surface area contributed by atoms with Crippen molar-refractivity contribution in [3.63, 3.8) is 0 Å². The number of carboxylic acid groups (broad SMARTS) is 1. The summed E-state index contributed by atoms with van der Waals surface area (Å²) in [4.78, 5) is 33.6. The molecule has 1 N–H and O–H groups in total. The van der Waals surface area contributed by atoms with Gasteiger partial charge in [-0.3, -0.25) is 14.4 Å². The maximum absolute atomic E-state index is 11.7. The molecule has 82 valence electrons. The Kier molecular flexibility index (Phi) is 2.34. The third-order valence-electron chi connectivity index (χ3n) is 2.82. The molecule has 0 fully saturated rings. The van der Waals surface area contributed by atoms with E-state index in [1.54, 1.807) is 12.1 Å². The van der Waals surface area contributed by atoms with Crippen molar-refractivity contribution in [3.05, 3.63) is 34.9 Å². The predicted molar refractivity (Wildman–Crippen MR) is 55.6 cm³/mol. The Hall–Kier alpha value is -1.97. The highest BCUT2D eigenvalue weighted by Crippen LogP contribution is 2.27. The van der Waals surface area contributed by atoms with E-state index in [1.807, 2.05) is 0 Å². The number of ketones is 2. The molecule has 4 nitrogen and oxygen atoms in total. The Labute approximate surface area is 91.9 Å². The van der Waals surface area contributed by atoms with Crippen molar-refractivity contribution in [2.75, 3.05) is 0 Å². The van der Waals surface area contributed by atoms with Crippen molar-refractivity contribution < 1.29 is 19.5 Å². The quantitative estimate of drug-likeness (QED) is 0.600. The highest BCUT2D eigenvalue weighted by molar-refractivity contribution is 6.12. The number of carbonyl (C=O) groups is 3. The highest BCUT2D eigenvalue weighted by Gasteiger charge is 2.35. The van der Waals surface area contributed by atoms with Gasteiger partial charge >= 0.3 is 5.97 Å². The first-order valence-corrected chi connectivity index (χ1v) is 4.91. The number of hydrogen-bond donors (Lipinski definition) is 1. The molecule has 0 amide bonds. The van der Waals surface area contributed by atoms with Crippen LogP contribution in [-0.2, 0) is 11.2 Å². The van der Waals surface area contributed by atoms with E-state index in [-0.39, 0.29) is 18.0 Å². The van der Waals surface area contributed by atoms with Gasteiger partial charge in [-0.25, -0.2) is 0 Å². The van der Waals surface area contributed by atoms with E-state index in [1.165, 1.54) is 13.0 Å². The lowest BCUT2D eigenvalue weighted by atomic mass is 10.0. The predicted octanol–water partition coefficient (Wildman–Crippen LogP) is 1.33. The molecular formula is C12H10O4. The fraction of sp³-hybridized carbons (Fsp3) is 0.250. The number of fused-ring (bicyclic) bond motifs is 1. The SMILES string of the molecule is CC(=O)c1ccc2c(c1)CC(C(=O)O)C2=O. The van der Waals surface area contributed by atoms with Gasteiger partial charge in [0.15, 0.2) is 11.6 Å². The topological polar surface area (TPSA) is 71.4 Å². The molecule has 0 saturated carbocycles. The molecule has 0 saturated heterocycles. The fourth-order valence-corrected chi connectivity index (χ4v) is 1.92. The molecule has 0 heterocycles. The molecule has 16 heavy (non-hydrogen) atoms. The Balaban J connectivity index is 2.44. The van der Waals surface area contributed by atoms with Crippen molar-refractivity contribution in [2.24, 2.45) is 5.92 Å². The van der Waals surface area contributed by atoms with Crippen LogP contribution in [0.2, 0.25) is 0 Å². The van der Waals surface area contributed by atoms with Crippen LogP contribution in [0.5, 0.6) is 0 Å². The lowest BCUT2D eigenvalue weighted by Gasteiger charge is -1.99. The van der Waals surface area contributed by atoms with E-state index in [2.05, 4.69) is 0 Å². The zero-order chi connectivity index (χ0) is 11.9. The minimum atomic E-state index is -1.11. The van der Waals surface area contributed by atoms with Crippen LogP contribution >= 0.6 is 0 Å². The second-order valence-electron chi connectivity index (χ2n) is 3.89. The molecular weight excluding hydrogens is 208 g/mol. The third kappa shape index (κ3) is 1.52. The van der Waals surface area contributed by atoms with Crippen LogP contribution in [0.15, 0.2) is 18.2 Å². The maximum atomic E-state index is 11.7. The molecule has 0 bridgehead atoms. The summed E-state index contributed by atoms with van der Waals surface area (Å²) in [5.41, 5.74) is 1.60. The molecule has 1 aromatic rings. The number of benzene rings is 1. The summed E-state index contributed by atoms with van der Waals surface area (Å²) in [6.07, 6.45) is 0.185. The van der Waals surface area contributed by atoms with E-state index in [0.29, 0.717) is 16.7 Å². The molecule has 1 aliphatic rings. The van der Waals surface area contributed by atoms with Gasteiger partial charge in [0.25, 0.3) is 0 Å². The lowest BCUT2D eigenvalue weighted by Crippen LogP contribution is -2.19. The van der Waals surface area contributed by atoms with Crippen LogP contribution in [0.3, 0.4) is 0 Å². The first-order chi connectivity index (χ1) is 7.50. The zero-order valence-electron chi connectivity index (χ0n) is 8.69. The summed E-state index contributed by atoms with van der Waals surface area (Å²) in [7, 11) is 0. The maximum Gasteiger partial charge on any atom is 0.314 e. The van der Waals surface area contributed by atoms with Crippen LogP contribution in [-0.4, -0.2) is 22.6 Å². The molecule has 0 radical (unpaired) electrons. The van der Waals surface area contributed by atoms with Crippen LogP contribution < -0.4 is 0 Å². The number of hydrogen-bond acceptors (Lipinski definition) is 3. The Bertz CT molecular complexity index is 502. The fourth-order valence-electron chi connectivity index (χ4n) is 1.92. The minimum absolute atomic E-state index is 0.0889. The van der Waals surface area contributed by atoms with Gasteiger partial charge in [0.05, 0.1) is 0 Å². The first-order valence-electron chi connectivity index (χ1n) is 4.91. The summed E-state index contributed by atoms with van der Waals surface area (Å²) in [5, 5.41) is 8.85. The Morgan fingerprint density at radius 2 is 2.06 bits per heavy atom. The molecule has 0 spiro atoms. The number of aliphatic carboxylic acids is 1. The molecule has 2 rings (SSSR count). The van der Waals surface area contributed by atoms with E-state index in [9.17, 15) is 14.4 Å². The summed E-state index contributed by atoms with van der Waals surface area (Å²) < 4.78 is 0. The number of rotatable bonds is 2. The molecule has 4 heteroatoms. The highest BCUT2D eigenvalue weighted by atomic mass is 16.4. The van der Waals surface area contributed by atoms with Crippen LogP contribution in [0.25, 0.3) is 0 Å². The van der Waals surface area contributed by atoms with Crippen LogP contribution in [0.4, 0.5) is 0 Å². The smallest absolute Gasteiger partial charge is 0.314 e. The van der Waals surface area contributed by atoms with E-state index < -0.39 is 11.9 Å². The van der Waals surface area contributed by atoms with Crippen LogP contribution in [0.1, 0.15) is 33.2 Å². The van der Waals surface area contributed by atoms with Gasteiger partial charge in [-0.05, 0) is 25.0 Å². The largest absolute Gasteiger partial charge is 0.481 e. The van der Waals surface area contributed by atoms with Crippen molar-refractivity contribution in [2.45, 2.75) is 13.3 Å². The average Bonchev–Trinajstić information content (AvgIpc) is 2.55. The van der Waals surface area contributed by atoms with Crippen molar-refractivity contribution in [1.82, 2.24) is 0 Å². The minimum Gasteiger partial charge on any atom is -0.481 e. The van der Waals surface area contributed by atoms with Gasteiger partial charge in [0.1, 0.15) is 5.92 Å². The Morgan fingerprint density at radius 3 is 2.62 bits per heavy atom. The summed E-state index contributed by atoms with van der Waals surface area (Å²) >= 11 is 0. The molecule has 1 atom stereocenters. The van der Waals surface area contributed by atoms with E-state index >= 15 is 0 Å². The van der Waals surface area contributed by atoms with Crippen LogP contribution in [0, 0.1) is 5.92 Å². The second-order valence-corrected chi connectivity index (χ2v) is 3.89. The molecule has 0 aliphatic heterocycles. The zero-order valence-corrected chi connectivity index (χ0v) is 8.69. The van der Waals surface area contributed by atoms with Gasteiger partial charge < -0.3 is 5.11 Å². The van der Waals surface area contributed by atoms with E-state index in [4.69, 9.17) is 5.11 Å². The number of Topliss-reactive ketones (excluding diaryl/α,β-unsaturated/α-hetero) is 2. The average molecular weight is 218 g/mol. The van der Waals surface area contributed by atoms with Gasteiger partial charge in [-0.15, -0.1) is 0 Å². The van der Waals surface area contributed by atoms with Gasteiger partial charge in [-0.1, -0.05) is 12.1 Å². The monoisotopic (exact) mass is 218 g/mol. The lowest BCUT2D eigenvalue weighted by molar-refractivity contribution is -0.139.